The Bertz CT molecular complexity index is 493. The number of methoxy groups -OCH3 is 1. The van der Waals surface area contributed by atoms with Gasteiger partial charge in [0.25, 0.3) is 0 Å². The molecule has 0 radical (unpaired) electrons. The molecule has 0 aromatic heterocycles. The van der Waals surface area contributed by atoms with Crippen LogP contribution in [0.3, 0.4) is 0 Å². The second-order valence-corrected chi connectivity index (χ2v) is 6.71. The zero-order valence-corrected chi connectivity index (χ0v) is 15.1. The first-order chi connectivity index (χ1) is 11.7. The molecule has 134 valence electrons. The molecule has 0 bridgehead atoms. The Morgan fingerprint density at radius 2 is 1.79 bits per heavy atom. The molecule has 1 aliphatic heterocycles. The quantitative estimate of drug-likeness (QED) is 0.595. The van der Waals surface area contributed by atoms with Crippen molar-refractivity contribution in [1.82, 2.24) is 10.2 Å². The Morgan fingerprint density at radius 3 is 2.42 bits per heavy atom. The smallest absolute Gasteiger partial charge is 0.189 e. The normalized spacial score (nSPS) is 18.2. The average molecular weight is 332 g/mol. The summed E-state index contributed by atoms with van der Waals surface area (Å²) in [6, 6.07) is 8.90. The van der Waals surface area contributed by atoms with E-state index in [0.717, 1.165) is 6.54 Å². The lowest BCUT2D eigenvalue weighted by Gasteiger charge is -2.19. The second kappa shape index (κ2) is 10.3. The Kier molecular flexibility index (Phi) is 8.05. The van der Waals surface area contributed by atoms with Gasteiger partial charge in [0.1, 0.15) is 0 Å². The number of ether oxygens (including phenoxy) is 1. The van der Waals surface area contributed by atoms with Gasteiger partial charge in [-0.2, -0.15) is 0 Å². The summed E-state index contributed by atoms with van der Waals surface area (Å²) >= 11 is 0. The highest BCUT2D eigenvalue weighted by atomic mass is 16.5. The largest absolute Gasteiger partial charge is 0.383 e. The Hall–Kier alpha value is -1.59. The number of rotatable bonds is 7. The number of benzene rings is 1. The zero-order valence-electron chi connectivity index (χ0n) is 15.1. The van der Waals surface area contributed by atoms with E-state index in [2.05, 4.69) is 39.5 Å². The van der Waals surface area contributed by atoms with Gasteiger partial charge in [0, 0.05) is 19.7 Å². The highest BCUT2D eigenvalue weighted by molar-refractivity contribution is 5.78. The first kappa shape index (κ1) is 18.7. The van der Waals surface area contributed by atoms with Crippen LogP contribution in [0.15, 0.2) is 29.3 Å². The fourth-order valence-electron chi connectivity index (χ4n) is 3.07. The monoisotopic (exact) mass is 332 g/mol. The third-order valence-corrected chi connectivity index (χ3v) is 4.37. The van der Waals surface area contributed by atoms with Gasteiger partial charge in [-0.05, 0) is 44.0 Å². The van der Waals surface area contributed by atoms with Gasteiger partial charge in [-0.25, -0.2) is 4.99 Å². The number of nitrogens with two attached hydrogens (primary N) is 1. The van der Waals surface area contributed by atoms with Crippen molar-refractivity contribution >= 4 is 5.96 Å². The Morgan fingerprint density at radius 1 is 1.17 bits per heavy atom. The van der Waals surface area contributed by atoms with Crippen molar-refractivity contribution < 1.29 is 4.74 Å². The molecule has 0 amide bonds. The molecule has 1 saturated heterocycles. The minimum absolute atomic E-state index is 0.162. The van der Waals surface area contributed by atoms with Crippen LogP contribution in [0.25, 0.3) is 0 Å². The van der Waals surface area contributed by atoms with Crippen LogP contribution in [-0.4, -0.2) is 43.7 Å². The van der Waals surface area contributed by atoms with Crippen molar-refractivity contribution in [3.63, 3.8) is 0 Å². The Balaban J connectivity index is 1.80. The fourth-order valence-corrected chi connectivity index (χ4v) is 3.07. The summed E-state index contributed by atoms with van der Waals surface area (Å²) in [6.07, 6.45) is 5.43. The highest BCUT2D eigenvalue weighted by Gasteiger charge is 2.09. The first-order valence-electron chi connectivity index (χ1n) is 9.03. The molecule has 1 heterocycles. The van der Waals surface area contributed by atoms with Gasteiger partial charge in [-0.15, -0.1) is 0 Å². The molecule has 3 N–H and O–H groups in total. The lowest BCUT2D eigenvalue weighted by molar-refractivity contribution is 0.179. The predicted octanol–water partition coefficient (Wildman–Crippen LogP) is 2.50. The maximum Gasteiger partial charge on any atom is 0.189 e. The lowest BCUT2D eigenvalue weighted by Crippen LogP contribution is -2.40. The number of hydrogen-bond acceptors (Lipinski definition) is 3. The van der Waals surface area contributed by atoms with Gasteiger partial charge in [0.2, 0.25) is 0 Å². The second-order valence-electron chi connectivity index (χ2n) is 6.71. The van der Waals surface area contributed by atoms with E-state index in [4.69, 9.17) is 10.5 Å². The Labute approximate surface area is 146 Å². The summed E-state index contributed by atoms with van der Waals surface area (Å²) in [5.74, 6) is 0.466. The molecule has 0 spiro atoms. The highest BCUT2D eigenvalue weighted by Crippen LogP contribution is 2.14. The van der Waals surface area contributed by atoms with Crippen LogP contribution < -0.4 is 11.1 Å². The molecule has 5 nitrogen and oxygen atoms in total. The average Bonchev–Trinajstić information content (AvgIpc) is 2.83. The summed E-state index contributed by atoms with van der Waals surface area (Å²) in [7, 11) is 1.68. The number of likely N-dealkylation sites (tertiary alicyclic amines) is 1. The van der Waals surface area contributed by atoms with Gasteiger partial charge < -0.3 is 15.8 Å². The van der Waals surface area contributed by atoms with E-state index in [0.29, 0.717) is 19.1 Å². The summed E-state index contributed by atoms with van der Waals surface area (Å²) in [5, 5.41) is 3.12. The molecule has 1 aromatic rings. The van der Waals surface area contributed by atoms with E-state index < -0.39 is 0 Å². The molecule has 1 aromatic carbocycles. The lowest BCUT2D eigenvalue weighted by atomic mass is 10.1. The molecule has 24 heavy (non-hydrogen) atoms. The minimum Gasteiger partial charge on any atom is -0.383 e. The van der Waals surface area contributed by atoms with Crippen LogP contribution in [0.2, 0.25) is 0 Å². The molecular weight excluding hydrogens is 300 g/mol. The molecule has 1 aliphatic rings. The number of hydrogen-bond donors (Lipinski definition) is 2. The molecule has 0 saturated carbocycles. The summed E-state index contributed by atoms with van der Waals surface area (Å²) in [5.41, 5.74) is 8.46. The maximum absolute atomic E-state index is 5.90. The summed E-state index contributed by atoms with van der Waals surface area (Å²) < 4.78 is 5.07. The predicted molar refractivity (Wildman–Crippen MR) is 100.0 cm³/mol. The van der Waals surface area contributed by atoms with Crippen molar-refractivity contribution in [1.29, 1.82) is 0 Å². The van der Waals surface area contributed by atoms with Crippen LogP contribution >= 0.6 is 0 Å². The van der Waals surface area contributed by atoms with Crippen molar-refractivity contribution in [3.05, 3.63) is 35.4 Å². The van der Waals surface area contributed by atoms with Crippen molar-refractivity contribution in [3.8, 4) is 0 Å². The SMILES string of the molecule is COCC(C)NC(N)=NCc1ccc(CN2CCCCCC2)cc1. The zero-order chi connectivity index (χ0) is 17.2. The summed E-state index contributed by atoms with van der Waals surface area (Å²) in [6.45, 7) is 6.75. The molecule has 2 rings (SSSR count). The van der Waals surface area contributed by atoms with Crippen molar-refractivity contribution in [2.45, 2.75) is 51.7 Å². The van der Waals surface area contributed by atoms with Gasteiger partial charge in [-0.3, -0.25) is 4.90 Å². The van der Waals surface area contributed by atoms with Gasteiger partial charge >= 0.3 is 0 Å². The molecular formula is C19H32N4O. The molecule has 1 unspecified atom stereocenters. The topological polar surface area (TPSA) is 62.9 Å². The van der Waals surface area contributed by atoms with Crippen molar-refractivity contribution in [2.75, 3.05) is 26.8 Å². The molecule has 1 fully saturated rings. The van der Waals surface area contributed by atoms with E-state index in [9.17, 15) is 0 Å². The van der Waals surface area contributed by atoms with E-state index in [1.54, 1.807) is 7.11 Å². The van der Waals surface area contributed by atoms with Crippen LogP contribution in [0.5, 0.6) is 0 Å². The van der Waals surface area contributed by atoms with Crippen LogP contribution in [0.4, 0.5) is 0 Å². The minimum atomic E-state index is 0.162. The van der Waals surface area contributed by atoms with E-state index in [1.807, 2.05) is 6.92 Å². The third kappa shape index (κ3) is 6.89. The number of nitrogens with one attached hydrogen (secondary N) is 1. The van der Waals surface area contributed by atoms with Crippen LogP contribution in [-0.2, 0) is 17.8 Å². The van der Waals surface area contributed by atoms with Crippen molar-refractivity contribution in [2.24, 2.45) is 10.7 Å². The van der Waals surface area contributed by atoms with E-state index in [1.165, 1.54) is 49.9 Å². The maximum atomic E-state index is 5.90. The van der Waals surface area contributed by atoms with Gasteiger partial charge in [0.15, 0.2) is 5.96 Å². The van der Waals surface area contributed by atoms with Crippen LogP contribution in [0, 0.1) is 0 Å². The standard InChI is InChI=1S/C19H32N4O/c1-16(15-24-2)22-19(20)21-13-17-7-9-18(10-8-17)14-23-11-5-3-4-6-12-23/h7-10,16H,3-6,11-15H2,1-2H3,(H3,20,21,22). The number of aliphatic imine (C=N–C) groups is 1. The number of nitrogens with zero attached hydrogens (tertiary/aromatic N) is 2. The van der Waals surface area contributed by atoms with E-state index >= 15 is 0 Å². The number of guanidine groups is 1. The molecule has 5 heteroatoms. The van der Waals surface area contributed by atoms with Gasteiger partial charge in [-0.1, -0.05) is 37.1 Å². The first-order valence-corrected chi connectivity index (χ1v) is 9.03. The summed E-state index contributed by atoms with van der Waals surface area (Å²) in [4.78, 5) is 6.96. The van der Waals surface area contributed by atoms with Gasteiger partial charge in [0.05, 0.1) is 13.2 Å². The van der Waals surface area contributed by atoms with E-state index in [-0.39, 0.29) is 6.04 Å². The molecule has 0 aliphatic carbocycles. The van der Waals surface area contributed by atoms with Crippen LogP contribution in [0.1, 0.15) is 43.7 Å². The fraction of sp³-hybridized carbons (Fsp3) is 0.632. The molecule has 1 atom stereocenters. The third-order valence-electron chi connectivity index (χ3n) is 4.37.